The minimum Gasteiger partial charge on any atom is -0.496 e. The van der Waals surface area contributed by atoms with Crippen LogP contribution in [0, 0.1) is 6.92 Å². The highest BCUT2D eigenvalue weighted by molar-refractivity contribution is 5.88. The summed E-state index contributed by atoms with van der Waals surface area (Å²) >= 11 is 0. The molecule has 0 saturated carbocycles. The summed E-state index contributed by atoms with van der Waals surface area (Å²) in [5.41, 5.74) is 0.990. The number of aliphatic hydroxyl groups excluding tert-OH is 1. The molecular formula is C14H17NO3. The van der Waals surface area contributed by atoms with Crippen molar-refractivity contribution in [2.45, 2.75) is 19.9 Å². The van der Waals surface area contributed by atoms with Gasteiger partial charge in [-0.05, 0) is 36.4 Å². The van der Waals surface area contributed by atoms with E-state index >= 15 is 0 Å². The van der Waals surface area contributed by atoms with Crippen LogP contribution >= 0.6 is 0 Å². The van der Waals surface area contributed by atoms with E-state index in [-0.39, 0.29) is 12.2 Å². The third-order valence-electron chi connectivity index (χ3n) is 2.96. The molecule has 1 heterocycles. The molecule has 0 aliphatic rings. The summed E-state index contributed by atoms with van der Waals surface area (Å²) in [4.78, 5) is 12.3. The van der Waals surface area contributed by atoms with Gasteiger partial charge in [0.1, 0.15) is 5.75 Å². The van der Waals surface area contributed by atoms with Crippen LogP contribution in [0.25, 0.3) is 10.8 Å². The Morgan fingerprint density at radius 2 is 2.17 bits per heavy atom. The number of hydrogen-bond donors (Lipinski definition) is 1. The van der Waals surface area contributed by atoms with Crippen molar-refractivity contribution in [3.8, 4) is 5.75 Å². The first-order chi connectivity index (χ1) is 8.67. The van der Waals surface area contributed by atoms with Gasteiger partial charge in [-0.2, -0.15) is 0 Å². The van der Waals surface area contributed by atoms with E-state index in [0.29, 0.717) is 24.1 Å². The molecule has 0 unspecified atom stereocenters. The molecule has 1 aromatic heterocycles. The van der Waals surface area contributed by atoms with E-state index in [1.54, 1.807) is 17.9 Å². The summed E-state index contributed by atoms with van der Waals surface area (Å²) in [6, 6.07) is 5.74. The van der Waals surface area contributed by atoms with Crippen LogP contribution in [0.5, 0.6) is 5.75 Å². The number of pyridine rings is 1. The molecule has 0 amide bonds. The van der Waals surface area contributed by atoms with Crippen LogP contribution < -0.4 is 10.3 Å². The first-order valence-electron chi connectivity index (χ1n) is 5.96. The number of fused-ring (bicyclic) bond motifs is 1. The topological polar surface area (TPSA) is 51.5 Å². The Bertz CT molecular complexity index is 616. The third kappa shape index (κ3) is 2.24. The van der Waals surface area contributed by atoms with Crippen molar-refractivity contribution in [2.75, 3.05) is 13.7 Å². The summed E-state index contributed by atoms with van der Waals surface area (Å²) in [7, 11) is 1.57. The van der Waals surface area contributed by atoms with Crippen molar-refractivity contribution in [2.24, 2.45) is 0 Å². The maximum atomic E-state index is 12.3. The molecule has 4 nitrogen and oxygen atoms in total. The number of hydrogen-bond acceptors (Lipinski definition) is 3. The number of aliphatic hydroxyl groups is 1. The summed E-state index contributed by atoms with van der Waals surface area (Å²) in [6.45, 7) is 2.57. The lowest BCUT2D eigenvalue weighted by molar-refractivity contribution is 0.279. The molecule has 0 spiro atoms. The van der Waals surface area contributed by atoms with Gasteiger partial charge in [0.05, 0.1) is 12.5 Å². The lowest BCUT2D eigenvalue weighted by atomic mass is 10.1. The lowest BCUT2D eigenvalue weighted by Gasteiger charge is -2.10. The van der Waals surface area contributed by atoms with E-state index in [1.165, 1.54) is 0 Å². The zero-order valence-electron chi connectivity index (χ0n) is 10.6. The van der Waals surface area contributed by atoms with Crippen LogP contribution in [-0.2, 0) is 6.54 Å². The Morgan fingerprint density at radius 3 is 2.83 bits per heavy atom. The van der Waals surface area contributed by atoms with Crippen molar-refractivity contribution in [3.05, 3.63) is 40.3 Å². The van der Waals surface area contributed by atoms with Crippen molar-refractivity contribution in [3.63, 3.8) is 0 Å². The molecule has 1 N–H and O–H groups in total. The van der Waals surface area contributed by atoms with Crippen molar-refractivity contribution < 1.29 is 9.84 Å². The Hall–Kier alpha value is -1.81. The second-order valence-corrected chi connectivity index (χ2v) is 4.32. The van der Waals surface area contributed by atoms with Gasteiger partial charge in [-0.1, -0.05) is 6.07 Å². The van der Waals surface area contributed by atoms with Crippen LogP contribution in [0.15, 0.2) is 29.2 Å². The van der Waals surface area contributed by atoms with Gasteiger partial charge in [-0.3, -0.25) is 4.79 Å². The third-order valence-corrected chi connectivity index (χ3v) is 2.96. The predicted molar refractivity (Wildman–Crippen MR) is 71.2 cm³/mol. The summed E-state index contributed by atoms with van der Waals surface area (Å²) in [5.74, 6) is 0.605. The van der Waals surface area contributed by atoms with Gasteiger partial charge in [0.25, 0.3) is 5.56 Å². The average Bonchev–Trinajstić information content (AvgIpc) is 2.36. The fraction of sp³-hybridized carbons (Fsp3) is 0.357. The van der Waals surface area contributed by atoms with Gasteiger partial charge < -0.3 is 14.4 Å². The number of methoxy groups -OCH3 is 1. The number of rotatable bonds is 4. The molecule has 96 valence electrons. The highest BCUT2D eigenvalue weighted by Gasteiger charge is 2.09. The molecule has 0 bridgehead atoms. The maximum absolute atomic E-state index is 12.3. The minimum absolute atomic E-state index is 0.0715. The number of ether oxygens (including phenoxy) is 1. The molecule has 2 rings (SSSR count). The molecule has 4 heteroatoms. The molecule has 0 saturated heterocycles. The van der Waals surface area contributed by atoms with Crippen molar-refractivity contribution in [1.29, 1.82) is 0 Å². The van der Waals surface area contributed by atoms with Crippen molar-refractivity contribution >= 4 is 10.8 Å². The van der Waals surface area contributed by atoms with Crippen LogP contribution in [0.3, 0.4) is 0 Å². The largest absolute Gasteiger partial charge is 0.496 e. The zero-order valence-corrected chi connectivity index (χ0v) is 10.6. The van der Waals surface area contributed by atoms with Crippen LogP contribution in [-0.4, -0.2) is 23.4 Å². The first-order valence-corrected chi connectivity index (χ1v) is 5.96. The standard InChI is InChI=1S/C14H17NO3/c1-10-8-11-4-6-15(5-3-7-16)14(17)13(11)12(9-10)18-2/h4,6,8-9,16H,3,5,7H2,1-2H3. The van der Waals surface area contributed by atoms with Gasteiger partial charge in [0.15, 0.2) is 0 Å². The second kappa shape index (κ2) is 5.23. The second-order valence-electron chi connectivity index (χ2n) is 4.32. The fourth-order valence-electron chi connectivity index (χ4n) is 2.10. The van der Waals surface area contributed by atoms with Gasteiger partial charge in [0, 0.05) is 19.3 Å². The summed E-state index contributed by atoms with van der Waals surface area (Å²) in [6.07, 6.45) is 2.33. The van der Waals surface area contributed by atoms with E-state index in [1.807, 2.05) is 25.1 Å². The Kier molecular flexibility index (Phi) is 3.67. The number of benzene rings is 1. The average molecular weight is 247 g/mol. The molecule has 0 aliphatic heterocycles. The van der Waals surface area contributed by atoms with E-state index in [9.17, 15) is 4.79 Å². The maximum Gasteiger partial charge on any atom is 0.262 e. The quantitative estimate of drug-likeness (QED) is 0.894. The van der Waals surface area contributed by atoms with E-state index < -0.39 is 0 Å². The van der Waals surface area contributed by atoms with Gasteiger partial charge >= 0.3 is 0 Å². The molecule has 1 aromatic carbocycles. The minimum atomic E-state index is -0.0715. The van der Waals surface area contributed by atoms with Gasteiger partial charge in [-0.15, -0.1) is 0 Å². The van der Waals surface area contributed by atoms with Crippen LogP contribution in [0.1, 0.15) is 12.0 Å². The number of aromatic nitrogens is 1. The normalized spacial score (nSPS) is 10.8. The van der Waals surface area contributed by atoms with Gasteiger partial charge in [-0.25, -0.2) is 0 Å². The SMILES string of the molecule is COc1cc(C)cc2ccn(CCCO)c(=O)c12. The Balaban J connectivity index is 2.65. The number of nitrogens with zero attached hydrogens (tertiary/aromatic N) is 1. The molecular weight excluding hydrogens is 230 g/mol. The summed E-state index contributed by atoms with van der Waals surface area (Å²) < 4.78 is 6.89. The molecule has 0 atom stereocenters. The van der Waals surface area contributed by atoms with E-state index in [2.05, 4.69) is 0 Å². The molecule has 0 aliphatic carbocycles. The molecule has 2 aromatic rings. The van der Waals surface area contributed by atoms with E-state index in [0.717, 1.165) is 10.9 Å². The molecule has 0 fully saturated rings. The smallest absolute Gasteiger partial charge is 0.262 e. The molecule has 18 heavy (non-hydrogen) atoms. The Morgan fingerprint density at radius 1 is 1.39 bits per heavy atom. The highest BCUT2D eigenvalue weighted by Crippen LogP contribution is 2.24. The van der Waals surface area contributed by atoms with Crippen LogP contribution in [0.4, 0.5) is 0 Å². The molecule has 0 radical (unpaired) electrons. The highest BCUT2D eigenvalue weighted by atomic mass is 16.5. The summed E-state index contributed by atoms with van der Waals surface area (Å²) in [5, 5.41) is 10.3. The van der Waals surface area contributed by atoms with E-state index in [4.69, 9.17) is 9.84 Å². The first kappa shape index (κ1) is 12.6. The monoisotopic (exact) mass is 247 g/mol. The number of aryl methyl sites for hydroxylation is 2. The Labute approximate surface area is 105 Å². The fourth-order valence-corrected chi connectivity index (χ4v) is 2.10. The zero-order chi connectivity index (χ0) is 13.1. The lowest BCUT2D eigenvalue weighted by Crippen LogP contribution is -2.20. The van der Waals surface area contributed by atoms with Gasteiger partial charge in [0.2, 0.25) is 0 Å². The van der Waals surface area contributed by atoms with Crippen LogP contribution in [0.2, 0.25) is 0 Å². The van der Waals surface area contributed by atoms with Crippen molar-refractivity contribution in [1.82, 2.24) is 4.57 Å². The predicted octanol–water partition coefficient (Wildman–Crippen LogP) is 1.70.